The molecule has 1 saturated carbocycles. The molecule has 0 aliphatic heterocycles. The van der Waals surface area contributed by atoms with Crippen LogP contribution in [-0.2, 0) is 12.8 Å². The van der Waals surface area contributed by atoms with Gasteiger partial charge in [0.15, 0.2) is 0 Å². The van der Waals surface area contributed by atoms with Gasteiger partial charge in [0.25, 0.3) is 0 Å². The minimum atomic E-state index is 0.196. The van der Waals surface area contributed by atoms with Gasteiger partial charge in [0.2, 0.25) is 0 Å². The molecule has 1 aromatic rings. The predicted molar refractivity (Wildman–Crippen MR) is 82.8 cm³/mol. The fraction of sp³-hybridized carbons (Fsp3) is 0.667. The molecule has 0 saturated heterocycles. The van der Waals surface area contributed by atoms with E-state index in [0.717, 1.165) is 0 Å². The second kappa shape index (κ2) is 5.13. The topological polar surface area (TPSA) is 0 Å². The first-order valence-corrected chi connectivity index (χ1v) is 8.27. The average Bonchev–Trinajstić information content (AvgIpc) is 2.84. The highest BCUT2D eigenvalue weighted by Crippen LogP contribution is 2.49. The Kier molecular flexibility index (Phi) is 3.64. The second-order valence-corrected chi connectivity index (χ2v) is 7.59. The molecule has 1 aromatic carbocycles. The summed E-state index contributed by atoms with van der Waals surface area (Å²) in [5, 5.41) is 0.196. The van der Waals surface area contributed by atoms with Crippen LogP contribution in [0.3, 0.4) is 0 Å². The molecule has 0 bridgehead atoms. The van der Waals surface area contributed by atoms with E-state index in [9.17, 15) is 0 Å². The minimum absolute atomic E-state index is 0.196. The summed E-state index contributed by atoms with van der Waals surface area (Å²) in [7, 11) is 0. The van der Waals surface area contributed by atoms with Crippen molar-refractivity contribution in [2.45, 2.75) is 64.2 Å². The van der Waals surface area contributed by atoms with Crippen molar-refractivity contribution in [1.82, 2.24) is 0 Å². The number of fused-ring (bicyclic) bond motifs is 1. The number of hydrogen-bond donors (Lipinski definition) is 0. The summed E-state index contributed by atoms with van der Waals surface area (Å²) in [4.78, 5) is 0. The molecule has 2 aliphatic rings. The maximum atomic E-state index is 6.87. The van der Waals surface area contributed by atoms with Crippen molar-refractivity contribution >= 4 is 11.6 Å². The van der Waals surface area contributed by atoms with Crippen molar-refractivity contribution < 1.29 is 0 Å². The normalized spacial score (nSPS) is 27.0. The van der Waals surface area contributed by atoms with Crippen LogP contribution in [0.4, 0.5) is 0 Å². The van der Waals surface area contributed by atoms with Crippen LogP contribution in [-0.4, -0.2) is 0 Å². The first-order valence-electron chi connectivity index (χ1n) is 7.84. The quantitative estimate of drug-likeness (QED) is 0.610. The molecule has 19 heavy (non-hydrogen) atoms. The number of hydrogen-bond acceptors (Lipinski definition) is 0. The van der Waals surface area contributed by atoms with E-state index in [-0.39, 0.29) is 5.38 Å². The zero-order valence-corrected chi connectivity index (χ0v) is 13.0. The molecule has 0 aromatic heterocycles. The van der Waals surface area contributed by atoms with Gasteiger partial charge < -0.3 is 0 Å². The summed E-state index contributed by atoms with van der Waals surface area (Å²) in [5.41, 5.74) is 4.86. The highest BCUT2D eigenvalue weighted by Gasteiger charge is 2.37. The van der Waals surface area contributed by atoms with Gasteiger partial charge in [0.05, 0.1) is 5.38 Å². The van der Waals surface area contributed by atoms with Gasteiger partial charge in [-0.15, -0.1) is 11.6 Å². The monoisotopic (exact) mass is 276 g/mol. The molecular formula is C18H25Cl. The van der Waals surface area contributed by atoms with Gasteiger partial charge in [-0.25, -0.2) is 0 Å². The maximum absolute atomic E-state index is 6.87. The van der Waals surface area contributed by atoms with E-state index >= 15 is 0 Å². The maximum Gasteiger partial charge on any atom is 0.0618 e. The zero-order valence-electron chi connectivity index (χ0n) is 12.2. The minimum Gasteiger partial charge on any atom is -0.117 e. The Labute approximate surface area is 122 Å². The molecule has 0 amide bonds. The summed E-state index contributed by atoms with van der Waals surface area (Å²) in [6, 6.07) is 7.00. The van der Waals surface area contributed by atoms with E-state index in [1.54, 1.807) is 11.1 Å². The average molecular weight is 277 g/mol. The summed E-state index contributed by atoms with van der Waals surface area (Å²) in [6.07, 6.45) is 9.17. The van der Waals surface area contributed by atoms with Gasteiger partial charge in [-0.05, 0) is 60.1 Å². The molecule has 0 N–H and O–H groups in total. The lowest BCUT2D eigenvalue weighted by molar-refractivity contribution is 0.133. The third-order valence-electron chi connectivity index (χ3n) is 5.38. The van der Waals surface area contributed by atoms with Crippen molar-refractivity contribution in [2.24, 2.45) is 11.3 Å². The van der Waals surface area contributed by atoms with Crippen LogP contribution in [0.5, 0.6) is 0 Å². The van der Waals surface area contributed by atoms with Crippen LogP contribution < -0.4 is 0 Å². The molecule has 3 rings (SSSR count). The molecule has 0 radical (unpaired) electrons. The molecule has 0 heterocycles. The van der Waals surface area contributed by atoms with E-state index in [1.807, 2.05) is 0 Å². The molecule has 2 aliphatic carbocycles. The van der Waals surface area contributed by atoms with E-state index in [2.05, 4.69) is 32.0 Å². The smallest absolute Gasteiger partial charge is 0.0618 e. The largest absolute Gasteiger partial charge is 0.117 e. The van der Waals surface area contributed by atoms with Crippen molar-refractivity contribution in [3.05, 3.63) is 34.9 Å². The molecule has 2 atom stereocenters. The fourth-order valence-electron chi connectivity index (χ4n) is 4.06. The van der Waals surface area contributed by atoms with Crippen LogP contribution in [0, 0.1) is 11.3 Å². The number of alkyl halides is 1. The first-order chi connectivity index (χ1) is 9.08. The van der Waals surface area contributed by atoms with Gasteiger partial charge in [0.1, 0.15) is 0 Å². The van der Waals surface area contributed by atoms with Crippen LogP contribution in [0.1, 0.15) is 68.0 Å². The van der Waals surface area contributed by atoms with Crippen molar-refractivity contribution in [1.29, 1.82) is 0 Å². The van der Waals surface area contributed by atoms with Gasteiger partial charge in [0, 0.05) is 0 Å². The van der Waals surface area contributed by atoms with Gasteiger partial charge in [-0.1, -0.05) is 44.9 Å². The molecular weight excluding hydrogens is 252 g/mol. The first kappa shape index (κ1) is 13.5. The Morgan fingerprint density at radius 3 is 2.68 bits per heavy atom. The van der Waals surface area contributed by atoms with Gasteiger partial charge in [-0.2, -0.15) is 0 Å². The lowest BCUT2D eigenvalue weighted by Gasteiger charge is -2.41. The molecule has 0 nitrogen and oxygen atoms in total. The van der Waals surface area contributed by atoms with Crippen molar-refractivity contribution in [3.8, 4) is 0 Å². The number of rotatable bonds is 2. The van der Waals surface area contributed by atoms with E-state index < -0.39 is 0 Å². The lowest BCUT2D eigenvalue weighted by atomic mass is 9.66. The Hall–Kier alpha value is -0.490. The number of aryl methyl sites for hydroxylation is 2. The number of benzene rings is 1. The van der Waals surface area contributed by atoms with Crippen LogP contribution in [0.2, 0.25) is 0 Å². The van der Waals surface area contributed by atoms with Crippen LogP contribution in [0.15, 0.2) is 18.2 Å². The molecule has 1 heteroatoms. The van der Waals surface area contributed by atoms with Crippen LogP contribution >= 0.6 is 11.6 Å². The van der Waals surface area contributed by atoms with E-state index in [0.29, 0.717) is 11.3 Å². The standard InChI is InChI=1S/C18H25Cl/c1-18(2)11-4-3-8-16(18)17(19)15-10-9-13-6-5-7-14(13)12-15/h9-10,12,16-17H,3-8,11H2,1-2H3. The Morgan fingerprint density at radius 1 is 1.11 bits per heavy atom. The van der Waals surface area contributed by atoms with E-state index in [4.69, 9.17) is 11.6 Å². The highest BCUT2D eigenvalue weighted by molar-refractivity contribution is 6.21. The lowest BCUT2D eigenvalue weighted by Crippen LogP contribution is -2.30. The SMILES string of the molecule is CC1(C)CCCCC1C(Cl)c1ccc2c(c1)CCC2. The van der Waals surface area contributed by atoms with Crippen molar-refractivity contribution in [3.63, 3.8) is 0 Å². The fourth-order valence-corrected chi connectivity index (χ4v) is 4.66. The Morgan fingerprint density at radius 2 is 1.89 bits per heavy atom. The summed E-state index contributed by atoms with van der Waals surface area (Å²) in [6.45, 7) is 4.80. The third kappa shape index (κ3) is 2.57. The molecule has 2 unspecified atom stereocenters. The van der Waals surface area contributed by atoms with Crippen molar-refractivity contribution in [2.75, 3.05) is 0 Å². The second-order valence-electron chi connectivity index (χ2n) is 7.12. The zero-order chi connectivity index (χ0) is 13.5. The molecule has 104 valence electrons. The predicted octanol–water partition coefficient (Wildman–Crippen LogP) is 5.67. The summed E-state index contributed by atoms with van der Waals surface area (Å²) in [5.74, 6) is 0.627. The number of halogens is 1. The molecule has 1 fully saturated rings. The Balaban J connectivity index is 1.85. The Bertz CT molecular complexity index is 461. The van der Waals surface area contributed by atoms with Crippen LogP contribution in [0.25, 0.3) is 0 Å². The van der Waals surface area contributed by atoms with Gasteiger partial charge >= 0.3 is 0 Å². The molecule has 0 spiro atoms. The van der Waals surface area contributed by atoms with E-state index in [1.165, 1.54) is 50.5 Å². The summed E-state index contributed by atoms with van der Waals surface area (Å²) < 4.78 is 0. The van der Waals surface area contributed by atoms with Gasteiger partial charge in [-0.3, -0.25) is 0 Å². The third-order valence-corrected chi connectivity index (χ3v) is 5.94. The highest BCUT2D eigenvalue weighted by atomic mass is 35.5. The summed E-state index contributed by atoms with van der Waals surface area (Å²) >= 11 is 6.87.